The number of aliphatic carboxylic acids is 1. The number of likely N-dealkylation sites (tertiary alicyclic amines) is 1. The molecule has 2 amide bonds. The summed E-state index contributed by atoms with van der Waals surface area (Å²) in [5.74, 6) is -2.31. The number of carboxylic acid groups (broad SMARTS) is 1. The molecular weight excluding hydrogens is 363 g/mol. The standard InChI is InChI=1S/C21H21FN2O4/c22-18-13-17(7-6-16(18)12-19(25)26)23-20(27)14-8-10-24(11-9-14)21(28)15-4-2-1-3-5-15/h1-7,13-14H,8-12H2,(H,23,27)(H,25,26). The minimum Gasteiger partial charge on any atom is -0.481 e. The summed E-state index contributed by atoms with van der Waals surface area (Å²) in [6.07, 6.45) is 0.655. The van der Waals surface area contributed by atoms with E-state index in [1.165, 1.54) is 12.1 Å². The van der Waals surface area contributed by atoms with Crippen molar-refractivity contribution in [2.24, 2.45) is 5.92 Å². The van der Waals surface area contributed by atoms with Gasteiger partial charge in [-0.25, -0.2) is 4.39 Å². The third-order valence-electron chi connectivity index (χ3n) is 4.84. The molecule has 2 aromatic carbocycles. The molecule has 0 atom stereocenters. The van der Waals surface area contributed by atoms with Crippen molar-refractivity contribution in [3.05, 3.63) is 65.5 Å². The number of nitrogens with zero attached hydrogens (tertiary/aromatic N) is 1. The largest absolute Gasteiger partial charge is 0.481 e. The predicted molar refractivity (Wildman–Crippen MR) is 101 cm³/mol. The summed E-state index contributed by atoms with van der Waals surface area (Å²) in [5, 5.41) is 11.4. The van der Waals surface area contributed by atoms with Crippen molar-refractivity contribution in [1.82, 2.24) is 4.90 Å². The maximum Gasteiger partial charge on any atom is 0.307 e. The van der Waals surface area contributed by atoms with E-state index in [2.05, 4.69) is 5.32 Å². The molecule has 0 unspecified atom stereocenters. The van der Waals surface area contributed by atoms with Crippen molar-refractivity contribution in [2.45, 2.75) is 19.3 Å². The van der Waals surface area contributed by atoms with E-state index in [0.717, 1.165) is 6.07 Å². The first kappa shape index (κ1) is 19.5. The van der Waals surface area contributed by atoms with Crippen molar-refractivity contribution < 1.29 is 23.9 Å². The molecule has 0 aliphatic carbocycles. The number of nitrogens with one attached hydrogen (secondary N) is 1. The lowest BCUT2D eigenvalue weighted by Crippen LogP contribution is -2.41. The van der Waals surface area contributed by atoms with Crippen molar-refractivity contribution in [1.29, 1.82) is 0 Å². The van der Waals surface area contributed by atoms with Crippen LogP contribution in [0.3, 0.4) is 0 Å². The van der Waals surface area contributed by atoms with Crippen LogP contribution in [-0.4, -0.2) is 40.9 Å². The zero-order valence-corrected chi connectivity index (χ0v) is 15.2. The van der Waals surface area contributed by atoms with Gasteiger partial charge >= 0.3 is 5.97 Å². The van der Waals surface area contributed by atoms with Gasteiger partial charge in [-0.15, -0.1) is 0 Å². The van der Waals surface area contributed by atoms with Crippen LogP contribution in [0.15, 0.2) is 48.5 Å². The first-order chi connectivity index (χ1) is 13.4. The van der Waals surface area contributed by atoms with Crippen LogP contribution in [0.1, 0.15) is 28.8 Å². The van der Waals surface area contributed by atoms with Crippen LogP contribution in [0.4, 0.5) is 10.1 Å². The molecule has 3 rings (SSSR count). The molecule has 1 fully saturated rings. The first-order valence-electron chi connectivity index (χ1n) is 9.09. The molecule has 1 aliphatic rings. The lowest BCUT2D eigenvalue weighted by atomic mass is 9.95. The molecule has 6 nitrogen and oxygen atoms in total. The number of hydrogen-bond acceptors (Lipinski definition) is 3. The van der Waals surface area contributed by atoms with Gasteiger partial charge in [0.1, 0.15) is 5.82 Å². The second-order valence-electron chi connectivity index (χ2n) is 6.80. The summed E-state index contributed by atoms with van der Waals surface area (Å²) in [4.78, 5) is 37.3. The van der Waals surface area contributed by atoms with Gasteiger partial charge in [0.15, 0.2) is 0 Å². The van der Waals surface area contributed by atoms with Crippen molar-refractivity contribution >= 4 is 23.5 Å². The molecular formula is C21H21FN2O4. The predicted octanol–water partition coefficient (Wildman–Crippen LogP) is 2.94. The Bertz CT molecular complexity index is 877. The summed E-state index contributed by atoms with van der Waals surface area (Å²) in [6.45, 7) is 0.968. The highest BCUT2D eigenvalue weighted by atomic mass is 19.1. The molecule has 1 saturated heterocycles. The minimum atomic E-state index is -1.12. The zero-order valence-electron chi connectivity index (χ0n) is 15.2. The molecule has 0 radical (unpaired) electrons. The van der Waals surface area contributed by atoms with Gasteiger partial charge in [0.05, 0.1) is 6.42 Å². The van der Waals surface area contributed by atoms with Gasteiger partial charge in [-0.2, -0.15) is 0 Å². The highest BCUT2D eigenvalue weighted by Crippen LogP contribution is 2.22. The van der Waals surface area contributed by atoms with Crippen LogP contribution in [0.5, 0.6) is 0 Å². The number of halogens is 1. The lowest BCUT2D eigenvalue weighted by Gasteiger charge is -2.31. The van der Waals surface area contributed by atoms with Gasteiger partial charge in [-0.3, -0.25) is 14.4 Å². The number of carbonyl (C=O) groups is 3. The quantitative estimate of drug-likeness (QED) is 0.830. The van der Waals surface area contributed by atoms with E-state index >= 15 is 0 Å². The zero-order chi connectivity index (χ0) is 20.1. The normalized spacial score (nSPS) is 14.5. The van der Waals surface area contributed by atoms with E-state index < -0.39 is 18.2 Å². The van der Waals surface area contributed by atoms with Gasteiger partial charge < -0.3 is 15.3 Å². The highest BCUT2D eigenvalue weighted by Gasteiger charge is 2.28. The van der Waals surface area contributed by atoms with E-state index in [0.29, 0.717) is 37.2 Å². The average Bonchev–Trinajstić information content (AvgIpc) is 2.70. The summed E-state index contributed by atoms with van der Waals surface area (Å²) in [5.41, 5.74) is 0.986. The minimum absolute atomic E-state index is 0.0458. The van der Waals surface area contributed by atoms with E-state index in [9.17, 15) is 18.8 Å². The maximum absolute atomic E-state index is 13.9. The summed E-state index contributed by atoms with van der Waals surface area (Å²) in [6, 6.07) is 13.0. The summed E-state index contributed by atoms with van der Waals surface area (Å²) < 4.78 is 13.9. The summed E-state index contributed by atoms with van der Waals surface area (Å²) in [7, 11) is 0. The fraction of sp³-hybridized carbons (Fsp3) is 0.286. The van der Waals surface area contributed by atoms with E-state index in [4.69, 9.17) is 5.11 Å². The number of benzene rings is 2. The molecule has 146 valence electrons. The molecule has 0 spiro atoms. The molecule has 7 heteroatoms. The molecule has 0 aromatic heterocycles. The highest BCUT2D eigenvalue weighted by molar-refractivity contribution is 5.95. The van der Waals surface area contributed by atoms with Crippen molar-refractivity contribution in [3.8, 4) is 0 Å². The first-order valence-corrected chi connectivity index (χ1v) is 9.09. The van der Waals surface area contributed by atoms with Crippen LogP contribution in [-0.2, 0) is 16.0 Å². The van der Waals surface area contributed by atoms with Crippen LogP contribution >= 0.6 is 0 Å². The SMILES string of the molecule is O=C(O)Cc1ccc(NC(=O)C2CCN(C(=O)c3ccccc3)CC2)cc1F. The van der Waals surface area contributed by atoms with Crippen LogP contribution < -0.4 is 5.32 Å². The van der Waals surface area contributed by atoms with Gasteiger partial charge in [0, 0.05) is 30.3 Å². The Morgan fingerprint density at radius 1 is 1.07 bits per heavy atom. The lowest BCUT2D eigenvalue weighted by molar-refractivity contribution is -0.136. The van der Waals surface area contributed by atoms with Crippen LogP contribution in [0.25, 0.3) is 0 Å². The maximum atomic E-state index is 13.9. The Morgan fingerprint density at radius 2 is 1.75 bits per heavy atom. The molecule has 0 bridgehead atoms. The number of amides is 2. The Labute approximate surface area is 162 Å². The Balaban J connectivity index is 1.55. The number of anilines is 1. The van der Waals surface area contributed by atoms with Gasteiger partial charge in [-0.1, -0.05) is 24.3 Å². The third kappa shape index (κ3) is 4.73. The van der Waals surface area contributed by atoms with E-state index in [1.54, 1.807) is 17.0 Å². The van der Waals surface area contributed by atoms with Gasteiger partial charge in [0.2, 0.25) is 5.91 Å². The number of piperidine rings is 1. The Kier molecular flexibility index (Phi) is 6.03. The number of carbonyl (C=O) groups excluding carboxylic acids is 2. The smallest absolute Gasteiger partial charge is 0.307 e. The third-order valence-corrected chi connectivity index (χ3v) is 4.84. The van der Waals surface area contributed by atoms with Gasteiger partial charge in [-0.05, 0) is 42.7 Å². The number of rotatable bonds is 5. The van der Waals surface area contributed by atoms with E-state index in [1.807, 2.05) is 18.2 Å². The average molecular weight is 384 g/mol. The second-order valence-corrected chi connectivity index (χ2v) is 6.80. The molecule has 1 aliphatic heterocycles. The fourth-order valence-corrected chi connectivity index (χ4v) is 3.28. The molecule has 2 N–H and O–H groups in total. The molecule has 28 heavy (non-hydrogen) atoms. The van der Waals surface area contributed by atoms with Crippen molar-refractivity contribution in [2.75, 3.05) is 18.4 Å². The van der Waals surface area contributed by atoms with E-state index in [-0.39, 0.29) is 23.3 Å². The number of hydrogen-bond donors (Lipinski definition) is 2. The number of carboxylic acids is 1. The van der Waals surface area contributed by atoms with Gasteiger partial charge in [0.25, 0.3) is 5.91 Å². The van der Waals surface area contributed by atoms with Crippen LogP contribution in [0.2, 0.25) is 0 Å². The van der Waals surface area contributed by atoms with Crippen molar-refractivity contribution in [3.63, 3.8) is 0 Å². The summed E-state index contributed by atoms with van der Waals surface area (Å²) >= 11 is 0. The molecule has 2 aromatic rings. The Morgan fingerprint density at radius 3 is 2.36 bits per heavy atom. The Hall–Kier alpha value is -3.22. The fourth-order valence-electron chi connectivity index (χ4n) is 3.28. The molecule has 1 heterocycles. The van der Waals surface area contributed by atoms with Crippen LogP contribution in [0, 0.1) is 11.7 Å². The molecule has 0 saturated carbocycles. The second kappa shape index (κ2) is 8.65. The monoisotopic (exact) mass is 384 g/mol. The topological polar surface area (TPSA) is 86.7 Å².